The molecule has 0 aromatic heterocycles. The van der Waals surface area contributed by atoms with Crippen LogP contribution >= 0.6 is 0 Å². The molecule has 10 heavy (non-hydrogen) atoms. The standard InChI is InChI=1S/C7H17NO2/c1-6(8)4-10-7(2)5-9-3/h6-7H,4-5,8H2,1-3H3/t6-,7?/m1/s1. The molecule has 3 nitrogen and oxygen atoms in total. The minimum Gasteiger partial charge on any atom is -0.382 e. The van der Waals surface area contributed by atoms with E-state index in [2.05, 4.69) is 0 Å². The van der Waals surface area contributed by atoms with Gasteiger partial charge in [-0.2, -0.15) is 0 Å². The first kappa shape index (κ1) is 9.88. The molecule has 0 aromatic carbocycles. The van der Waals surface area contributed by atoms with Crippen LogP contribution in [-0.4, -0.2) is 32.5 Å². The molecule has 1 unspecified atom stereocenters. The van der Waals surface area contributed by atoms with E-state index in [-0.39, 0.29) is 12.1 Å². The van der Waals surface area contributed by atoms with Crippen molar-refractivity contribution in [2.45, 2.75) is 26.0 Å². The molecule has 0 radical (unpaired) electrons. The first-order valence-corrected chi connectivity index (χ1v) is 3.53. The minimum absolute atomic E-state index is 0.110. The van der Waals surface area contributed by atoms with E-state index in [4.69, 9.17) is 15.2 Å². The van der Waals surface area contributed by atoms with Gasteiger partial charge in [0.2, 0.25) is 0 Å². The second-order valence-electron chi connectivity index (χ2n) is 2.58. The fraction of sp³-hybridized carbons (Fsp3) is 1.00. The summed E-state index contributed by atoms with van der Waals surface area (Å²) < 4.78 is 10.2. The second-order valence-corrected chi connectivity index (χ2v) is 2.58. The van der Waals surface area contributed by atoms with Crippen molar-refractivity contribution in [2.24, 2.45) is 5.73 Å². The van der Waals surface area contributed by atoms with Gasteiger partial charge in [0, 0.05) is 13.2 Å². The Labute approximate surface area is 62.5 Å². The third-order valence-electron chi connectivity index (χ3n) is 1.05. The molecule has 0 rings (SSSR count). The Morgan fingerprint density at radius 2 is 1.90 bits per heavy atom. The van der Waals surface area contributed by atoms with E-state index < -0.39 is 0 Å². The lowest BCUT2D eigenvalue weighted by Gasteiger charge is -2.13. The molecule has 0 aliphatic heterocycles. The van der Waals surface area contributed by atoms with Gasteiger partial charge in [-0.05, 0) is 13.8 Å². The third kappa shape index (κ3) is 6.01. The van der Waals surface area contributed by atoms with Gasteiger partial charge in [0.1, 0.15) is 0 Å². The van der Waals surface area contributed by atoms with Crippen LogP contribution in [0, 0.1) is 0 Å². The van der Waals surface area contributed by atoms with Gasteiger partial charge in [-0.25, -0.2) is 0 Å². The molecule has 0 bridgehead atoms. The zero-order valence-electron chi connectivity index (χ0n) is 6.96. The van der Waals surface area contributed by atoms with Crippen LogP contribution in [0.15, 0.2) is 0 Å². The Balaban J connectivity index is 3.12. The number of ether oxygens (including phenoxy) is 2. The fourth-order valence-corrected chi connectivity index (χ4v) is 0.599. The smallest absolute Gasteiger partial charge is 0.0781 e. The fourth-order valence-electron chi connectivity index (χ4n) is 0.599. The number of rotatable bonds is 5. The molecule has 2 atom stereocenters. The Kier molecular flexibility index (Phi) is 5.58. The average molecular weight is 147 g/mol. The molecule has 0 amide bonds. The maximum Gasteiger partial charge on any atom is 0.0781 e. The van der Waals surface area contributed by atoms with E-state index in [1.54, 1.807) is 7.11 Å². The molecule has 0 heterocycles. The first-order chi connectivity index (χ1) is 4.66. The van der Waals surface area contributed by atoms with Gasteiger partial charge in [0.05, 0.1) is 19.3 Å². The monoisotopic (exact) mass is 147 g/mol. The van der Waals surface area contributed by atoms with Crippen molar-refractivity contribution >= 4 is 0 Å². The van der Waals surface area contributed by atoms with Crippen LogP contribution in [0.2, 0.25) is 0 Å². The van der Waals surface area contributed by atoms with Crippen molar-refractivity contribution in [3.8, 4) is 0 Å². The van der Waals surface area contributed by atoms with Crippen LogP contribution in [0.5, 0.6) is 0 Å². The highest BCUT2D eigenvalue weighted by Crippen LogP contribution is 1.91. The lowest BCUT2D eigenvalue weighted by atomic mass is 10.4. The quantitative estimate of drug-likeness (QED) is 0.611. The summed E-state index contributed by atoms with van der Waals surface area (Å²) in [7, 11) is 1.66. The lowest BCUT2D eigenvalue weighted by Crippen LogP contribution is -2.26. The van der Waals surface area contributed by atoms with Gasteiger partial charge in [0.25, 0.3) is 0 Å². The summed E-state index contributed by atoms with van der Waals surface area (Å²) in [4.78, 5) is 0. The van der Waals surface area contributed by atoms with Crippen molar-refractivity contribution in [1.82, 2.24) is 0 Å². The summed E-state index contributed by atoms with van der Waals surface area (Å²) in [5, 5.41) is 0. The summed E-state index contributed by atoms with van der Waals surface area (Å²) in [5.74, 6) is 0. The van der Waals surface area contributed by atoms with Crippen LogP contribution in [0.4, 0.5) is 0 Å². The molecule has 0 saturated heterocycles. The highest BCUT2D eigenvalue weighted by molar-refractivity contribution is 4.52. The van der Waals surface area contributed by atoms with Crippen LogP contribution in [0.1, 0.15) is 13.8 Å². The number of nitrogens with two attached hydrogens (primary N) is 1. The van der Waals surface area contributed by atoms with Crippen molar-refractivity contribution in [3.05, 3.63) is 0 Å². The normalized spacial score (nSPS) is 16.8. The van der Waals surface area contributed by atoms with Gasteiger partial charge < -0.3 is 15.2 Å². The predicted octanol–water partition coefficient (Wildman–Crippen LogP) is 0.385. The van der Waals surface area contributed by atoms with Crippen LogP contribution in [-0.2, 0) is 9.47 Å². The minimum atomic E-state index is 0.110. The van der Waals surface area contributed by atoms with E-state index >= 15 is 0 Å². The van der Waals surface area contributed by atoms with Gasteiger partial charge in [-0.1, -0.05) is 0 Å². The van der Waals surface area contributed by atoms with Crippen LogP contribution < -0.4 is 5.73 Å². The Hall–Kier alpha value is -0.120. The zero-order valence-corrected chi connectivity index (χ0v) is 6.96. The number of hydrogen-bond acceptors (Lipinski definition) is 3. The molecule has 0 fully saturated rings. The molecule has 0 aromatic rings. The molecular weight excluding hydrogens is 130 g/mol. The molecule has 0 spiro atoms. The summed E-state index contributed by atoms with van der Waals surface area (Å²) in [6.07, 6.45) is 0.149. The maximum atomic E-state index is 5.47. The Bertz CT molecular complexity index is 76.0. The average Bonchev–Trinajstić information content (AvgIpc) is 1.85. The van der Waals surface area contributed by atoms with Crippen molar-refractivity contribution < 1.29 is 9.47 Å². The molecule has 62 valence electrons. The van der Waals surface area contributed by atoms with Crippen molar-refractivity contribution in [2.75, 3.05) is 20.3 Å². The van der Waals surface area contributed by atoms with E-state index in [1.165, 1.54) is 0 Å². The van der Waals surface area contributed by atoms with Gasteiger partial charge in [-0.3, -0.25) is 0 Å². The molecule has 0 saturated carbocycles. The zero-order chi connectivity index (χ0) is 7.98. The summed E-state index contributed by atoms with van der Waals surface area (Å²) in [6.45, 7) is 5.11. The molecule has 2 N–H and O–H groups in total. The highest BCUT2D eigenvalue weighted by atomic mass is 16.5. The van der Waals surface area contributed by atoms with Gasteiger partial charge >= 0.3 is 0 Å². The van der Waals surface area contributed by atoms with E-state index in [9.17, 15) is 0 Å². The van der Waals surface area contributed by atoms with Crippen LogP contribution in [0.25, 0.3) is 0 Å². The molecule has 0 aliphatic carbocycles. The molecular formula is C7H17NO2. The van der Waals surface area contributed by atoms with Gasteiger partial charge in [0.15, 0.2) is 0 Å². The maximum absolute atomic E-state index is 5.47. The summed E-state index contributed by atoms with van der Waals surface area (Å²) >= 11 is 0. The van der Waals surface area contributed by atoms with E-state index in [0.29, 0.717) is 13.2 Å². The Morgan fingerprint density at radius 3 is 2.30 bits per heavy atom. The van der Waals surface area contributed by atoms with Crippen LogP contribution in [0.3, 0.4) is 0 Å². The van der Waals surface area contributed by atoms with E-state index in [1.807, 2.05) is 13.8 Å². The SMILES string of the molecule is COCC(C)OC[C@@H](C)N. The predicted molar refractivity (Wildman–Crippen MR) is 40.9 cm³/mol. The summed E-state index contributed by atoms with van der Waals surface area (Å²) in [6, 6.07) is 0.110. The molecule has 3 heteroatoms. The highest BCUT2D eigenvalue weighted by Gasteiger charge is 2.01. The van der Waals surface area contributed by atoms with E-state index in [0.717, 1.165) is 0 Å². The lowest BCUT2D eigenvalue weighted by molar-refractivity contribution is 0.00509. The first-order valence-electron chi connectivity index (χ1n) is 3.53. The topological polar surface area (TPSA) is 44.5 Å². The summed E-state index contributed by atoms with van der Waals surface area (Å²) in [5.41, 5.74) is 5.47. The number of hydrogen-bond donors (Lipinski definition) is 1. The van der Waals surface area contributed by atoms with Crippen molar-refractivity contribution in [3.63, 3.8) is 0 Å². The second kappa shape index (κ2) is 5.65. The van der Waals surface area contributed by atoms with Gasteiger partial charge in [-0.15, -0.1) is 0 Å². The largest absolute Gasteiger partial charge is 0.382 e. The van der Waals surface area contributed by atoms with Crippen molar-refractivity contribution in [1.29, 1.82) is 0 Å². The number of methoxy groups -OCH3 is 1. The Morgan fingerprint density at radius 1 is 1.30 bits per heavy atom. The molecule has 0 aliphatic rings. The third-order valence-corrected chi connectivity index (χ3v) is 1.05.